The van der Waals surface area contributed by atoms with Crippen molar-refractivity contribution >= 4 is 18.6 Å². The number of nitrogens with zero attached hydrogens (tertiary/aromatic N) is 3. The minimum Gasteiger partial charge on any atom is -0.375 e. The number of hydrogen-bond donors (Lipinski definition) is 1. The summed E-state index contributed by atoms with van der Waals surface area (Å²) in [6.07, 6.45) is 4.30. The summed E-state index contributed by atoms with van der Waals surface area (Å²) in [5.41, 5.74) is 1.93. The van der Waals surface area contributed by atoms with Crippen LogP contribution in [0.15, 0.2) is 54.9 Å². The van der Waals surface area contributed by atoms with Crippen LogP contribution in [-0.2, 0) is 11.3 Å². The Bertz CT molecular complexity index is 1000. The average Bonchev–Trinajstić information content (AvgIpc) is 3.13. The van der Waals surface area contributed by atoms with Crippen molar-refractivity contribution in [1.29, 1.82) is 0 Å². The maximum atomic E-state index is 13.8. The summed E-state index contributed by atoms with van der Waals surface area (Å²) >= 11 is 4.57. The molecule has 3 aromatic rings. The first-order valence-electron chi connectivity index (χ1n) is 9.54. The highest BCUT2D eigenvalue weighted by atomic mass is 32.1. The Morgan fingerprint density at radius 3 is 2.40 bits per heavy atom. The molecule has 1 saturated heterocycles. The summed E-state index contributed by atoms with van der Waals surface area (Å²) in [4.78, 5) is 11.0. The normalized spacial score (nSPS) is 18.7. The van der Waals surface area contributed by atoms with Gasteiger partial charge in [-0.05, 0) is 18.1 Å². The summed E-state index contributed by atoms with van der Waals surface area (Å²) in [7, 11) is 0. The first-order chi connectivity index (χ1) is 14.5. The largest absolute Gasteiger partial charge is 0.375 e. The van der Waals surface area contributed by atoms with Gasteiger partial charge in [0.1, 0.15) is 5.82 Å². The number of anilines is 1. The van der Waals surface area contributed by atoms with E-state index < -0.39 is 17.5 Å². The molecule has 1 aliphatic rings. The van der Waals surface area contributed by atoms with Gasteiger partial charge in [-0.2, -0.15) is 12.6 Å². The van der Waals surface area contributed by atoms with E-state index in [1.807, 2.05) is 35.2 Å². The number of thiol groups is 1. The molecule has 1 fully saturated rings. The van der Waals surface area contributed by atoms with E-state index in [0.717, 1.165) is 23.6 Å². The fraction of sp³-hybridized carbons (Fsp3) is 0.273. The molecule has 0 bridgehead atoms. The molecule has 0 N–H and O–H groups in total. The Labute approximate surface area is 178 Å². The van der Waals surface area contributed by atoms with Crippen molar-refractivity contribution in [1.82, 2.24) is 9.97 Å². The molecule has 1 aliphatic heterocycles. The van der Waals surface area contributed by atoms with Gasteiger partial charge in [-0.15, -0.1) is 0 Å². The summed E-state index contributed by atoms with van der Waals surface area (Å²) in [5, 5.41) is 0.121. The highest BCUT2D eigenvalue weighted by molar-refractivity contribution is 7.81. The lowest BCUT2D eigenvalue weighted by molar-refractivity contribution is 0.106. The third kappa shape index (κ3) is 4.60. The van der Waals surface area contributed by atoms with Gasteiger partial charge in [-0.1, -0.05) is 30.3 Å². The second-order valence-electron chi connectivity index (χ2n) is 7.21. The Hall–Kier alpha value is -2.58. The first kappa shape index (κ1) is 20.7. The number of halogens is 3. The van der Waals surface area contributed by atoms with Gasteiger partial charge in [0.15, 0.2) is 11.6 Å². The maximum Gasteiger partial charge on any atom is 0.225 e. The van der Waals surface area contributed by atoms with Crippen molar-refractivity contribution in [2.45, 2.75) is 24.3 Å². The van der Waals surface area contributed by atoms with Crippen LogP contribution < -0.4 is 4.90 Å². The molecule has 0 radical (unpaired) electrons. The lowest BCUT2D eigenvalue weighted by Crippen LogP contribution is -2.34. The Balaban J connectivity index is 1.42. The van der Waals surface area contributed by atoms with E-state index in [1.165, 1.54) is 0 Å². The zero-order chi connectivity index (χ0) is 21.1. The summed E-state index contributed by atoms with van der Waals surface area (Å²) in [6, 6.07) is 11.1. The molecule has 0 amide bonds. The minimum atomic E-state index is -1.22. The lowest BCUT2D eigenvalue weighted by atomic mass is 10.1. The molecular weight excluding hydrogens is 411 g/mol. The van der Waals surface area contributed by atoms with Gasteiger partial charge in [-0.25, -0.2) is 23.1 Å². The molecule has 2 atom stereocenters. The molecule has 4 nitrogen and oxygen atoms in total. The predicted molar refractivity (Wildman–Crippen MR) is 112 cm³/mol. The first-order valence-corrected chi connectivity index (χ1v) is 10.1. The molecular formula is C22H20F3N3OS. The van der Waals surface area contributed by atoms with E-state index in [1.54, 1.807) is 12.4 Å². The van der Waals surface area contributed by atoms with Crippen molar-refractivity contribution in [2.24, 2.45) is 0 Å². The Morgan fingerprint density at radius 1 is 0.967 bits per heavy atom. The van der Waals surface area contributed by atoms with Gasteiger partial charge in [0.2, 0.25) is 5.95 Å². The number of benzene rings is 2. The molecule has 2 heterocycles. The summed E-state index contributed by atoms with van der Waals surface area (Å²) in [6.45, 7) is 0.763. The van der Waals surface area contributed by atoms with Crippen LogP contribution in [0.5, 0.6) is 0 Å². The fourth-order valence-corrected chi connectivity index (χ4v) is 3.94. The van der Waals surface area contributed by atoms with Gasteiger partial charge in [0, 0.05) is 41.4 Å². The second-order valence-corrected chi connectivity index (χ2v) is 7.94. The quantitative estimate of drug-likeness (QED) is 0.455. The van der Waals surface area contributed by atoms with Crippen molar-refractivity contribution in [2.75, 3.05) is 18.1 Å². The van der Waals surface area contributed by atoms with E-state index in [4.69, 9.17) is 4.74 Å². The second kappa shape index (κ2) is 9.06. The average molecular weight is 431 g/mol. The van der Waals surface area contributed by atoms with Crippen LogP contribution in [0.1, 0.15) is 12.0 Å². The topological polar surface area (TPSA) is 38.2 Å². The van der Waals surface area contributed by atoms with E-state index in [0.29, 0.717) is 18.6 Å². The van der Waals surface area contributed by atoms with E-state index in [9.17, 15) is 13.2 Å². The van der Waals surface area contributed by atoms with Crippen LogP contribution in [0, 0.1) is 17.5 Å². The van der Waals surface area contributed by atoms with Crippen LogP contribution >= 0.6 is 12.6 Å². The monoisotopic (exact) mass is 431 g/mol. The van der Waals surface area contributed by atoms with E-state index in [-0.39, 0.29) is 30.1 Å². The van der Waals surface area contributed by atoms with Gasteiger partial charge >= 0.3 is 0 Å². The fourth-order valence-electron chi connectivity index (χ4n) is 3.52. The number of rotatable bonds is 6. The molecule has 8 heteroatoms. The third-order valence-electron chi connectivity index (χ3n) is 5.05. The zero-order valence-electron chi connectivity index (χ0n) is 16.0. The lowest BCUT2D eigenvalue weighted by Gasteiger charge is -2.24. The van der Waals surface area contributed by atoms with E-state index >= 15 is 0 Å². The molecule has 0 aliphatic carbocycles. The number of aromatic nitrogens is 2. The van der Waals surface area contributed by atoms with Gasteiger partial charge in [0.25, 0.3) is 0 Å². The number of ether oxygens (including phenoxy) is 1. The van der Waals surface area contributed by atoms with E-state index in [2.05, 4.69) is 22.6 Å². The smallest absolute Gasteiger partial charge is 0.225 e. The SMILES string of the molecule is Fc1cc(F)c(COC[C@@H]2C[C@@H](S)CN2c2ncc(-c3ccccc3)cn2)cc1F. The summed E-state index contributed by atoms with van der Waals surface area (Å²) < 4.78 is 45.8. The van der Waals surface area contributed by atoms with Crippen LogP contribution in [0.2, 0.25) is 0 Å². The molecule has 1 aromatic heterocycles. The van der Waals surface area contributed by atoms with Crippen LogP contribution in [0.25, 0.3) is 11.1 Å². The highest BCUT2D eigenvalue weighted by Gasteiger charge is 2.32. The standard InChI is InChI=1S/C22H20F3N3OS/c23-19-8-21(25)20(24)6-15(19)12-29-13-17-7-18(30)11-28(17)22-26-9-16(10-27-22)14-4-2-1-3-5-14/h1-6,8-10,17-18,30H,7,11-13H2/t17-,18+/m0/s1. The molecule has 4 rings (SSSR count). The van der Waals surface area contributed by atoms with Crippen molar-refractivity contribution in [3.05, 3.63) is 77.9 Å². The van der Waals surface area contributed by atoms with Crippen molar-refractivity contribution in [3.63, 3.8) is 0 Å². The molecule has 156 valence electrons. The van der Waals surface area contributed by atoms with Crippen molar-refractivity contribution in [3.8, 4) is 11.1 Å². The molecule has 0 saturated carbocycles. The van der Waals surface area contributed by atoms with Crippen LogP contribution in [0.4, 0.5) is 19.1 Å². The molecule has 0 spiro atoms. The zero-order valence-corrected chi connectivity index (χ0v) is 16.9. The third-order valence-corrected chi connectivity index (χ3v) is 5.43. The number of hydrogen-bond acceptors (Lipinski definition) is 5. The van der Waals surface area contributed by atoms with Crippen LogP contribution in [-0.4, -0.2) is 34.4 Å². The Morgan fingerprint density at radius 2 is 1.67 bits per heavy atom. The van der Waals surface area contributed by atoms with Gasteiger partial charge in [0.05, 0.1) is 19.3 Å². The van der Waals surface area contributed by atoms with Gasteiger partial charge in [-0.3, -0.25) is 0 Å². The minimum absolute atomic E-state index is 0.0238. The molecule has 30 heavy (non-hydrogen) atoms. The molecule has 0 unspecified atom stereocenters. The van der Waals surface area contributed by atoms with Gasteiger partial charge < -0.3 is 9.64 Å². The maximum absolute atomic E-state index is 13.8. The molecule has 2 aromatic carbocycles. The Kier molecular flexibility index (Phi) is 6.24. The highest BCUT2D eigenvalue weighted by Crippen LogP contribution is 2.27. The van der Waals surface area contributed by atoms with Crippen LogP contribution in [0.3, 0.4) is 0 Å². The predicted octanol–water partition coefficient (Wildman–Crippen LogP) is 4.65. The summed E-state index contributed by atoms with van der Waals surface area (Å²) in [5.74, 6) is -2.57. The van der Waals surface area contributed by atoms with Crippen molar-refractivity contribution < 1.29 is 17.9 Å².